The van der Waals surface area contributed by atoms with Crippen LogP contribution in [0.4, 0.5) is 4.39 Å². The first-order valence-electron chi connectivity index (χ1n) is 5.26. The highest BCUT2D eigenvalue weighted by Gasteiger charge is 2.10. The number of hydrogen-bond donors (Lipinski definition) is 0. The van der Waals surface area contributed by atoms with Crippen LogP contribution in [0.5, 0.6) is 0 Å². The van der Waals surface area contributed by atoms with E-state index in [0.29, 0.717) is 5.56 Å². The van der Waals surface area contributed by atoms with Gasteiger partial charge in [0.25, 0.3) is 0 Å². The maximum atomic E-state index is 12.9. The molecule has 2 heteroatoms. The fourth-order valence-corrected chi connectivity index (χ4v) is 1.61. The molecule has 0 bridgehead atoms. The van der Waals surface area contributed by atoms with Gasteiger partial charge in [-0.2, -0.15) is 5.26 Å². The molecule has 1 aromatic rings. The molecule has 15 heavy (non-hydrogen) atoms. The van der Waals surface area contributed by atoms with Gasteiger partial charge in [-0.05, 0) is 36.1 Å². The van der Waals surface area contributed by atoms with E-state index < -0.39 is 0 Å². The van der Waals surface area contributed by atoms with E-state index in [0.717, 1.165) is 11.1 Å². The highest BCUT2D eigenvalue weighted by Crippen LogP contribution is 2.23. The van der Waals surface area contributed by atoms with Gasteiger partial charge in [0.05, 0.1) is 11.6 Å². The zero-order valence-electron chi connectivity index (χ0n) is 10.1. The van der Waals surface area contributed by atoms with E-state index in [9.17, 15) is 4.39 Å². The number of nitrogens with zero attached hydrogens (tertiary/aromatic N) is 1. The van der Waals surface area contributed by atoms with Gasteiger partial charge in [0.2, 0.25) is 0 Å². The summed E-state index contributed by atoms with van der Waals surface area (Å²) < 4.78 is 12.9. The molecular weight excluding hydrogens is 189 g/mol. The summed E-state index contributed by atoms with van der Waals surface area (Å²) in [5.74, 6) is -0.0753. The molecule has 0 amide bonds. The fourth-order valence-electron chi connectivity index (χ4n) is 1.61. The van der Waals surface area contributed by atoms with Crippen LogP contribution in [0.15, 0.2) is 12.1 Å². The van der Waals surface area contributed by atoms with Crippen molar-refractivity contribution in [3.8, 4) is 6.07 Å². The smallest absolute Gasteiger partial charge is 0.124 e. The Balaban J connectivity index is 0.000000921. The van der Waals surface area contributed by atoms with Crippen molar-refractivity contribution in [3.63, 3.8) is 0 Å². The Hall–Kier alpha value is -1.36. The number of benzene rings is 1. The second kappa shape index (κ2) is 6.19. The van der Waals surface area contributed by atoms with E-state index in [1.54, 1.807) is 0 Å². The molecule has 0 saturated carbocycles. The number of hydrogen-bond acceptors (Lipinski definition) is 1. The van der Waals surface area contributed by atoms with Gasteiger partial charge in [0.1, 0.15) is 5.82 Å². The molecule has 0 unspecified atom stereocenters. The Labute approximate surface area is 91.5 Å². The first kappa shape index (κ1) is 13.6. The second-order valence-electron chi connectivity index (χ2n) is 3.45. The van der Waals surface area contributed by atoms with Gasteiger partial charge in [-0.25, -0.2) is 4.39 Å². The topological polar surface area (TPSA) is 23.8 Å². The first-order valence-corrected chi connectivity index (χ1v) is 5.26. The molecule has 1 aromatic carbocycles. The lowest BCUT2D eigenvalue weighted by molar-refractivity contribution is 0.624. The van der Waals surface area contributed by atoms with Gasteiger partial charge in [-0.15, -0.1) is 0 Å². The Bertz CT molecular complexity index is 362. The van der Waals surface area contributed by atoms with Crippen molar-refractivity contribution in [1.29, 1.82) is 5.26 Å². The third kappa shape index (κ3) is 3.36. The van der Waals surface area contributed by atoms with Gasteiger partial charge < -0.3 is 0 Å². The molecule has 0 aliphatic rings. The van der Waals surface area contributed by atoms with Gasteiger partial charge in [-0.3, -0.25) is 0 Å². The molecule has 0 aromatic heterocycles. The molecule has 0 radical (unpaired) electrons. The summed E-state index contributed by atoms with van der Waals surface area (Å²) in [6.07, 6.45) is 0. The Morgan fingerprint density at radius 3 is 2.20 bits per heavy atom. The van der Waals surface area contributed by atoms with Crippen LogP contribution in [-0.2, 0) is 0 Å². The molecule has 1 nitrogen and oxygen atoms in total. The monoisotopic (exact) mass is 207 g/mol. The second-order valence-corrected chi connectivity index (χ2v) is 3.45. The van der Waals surface area contributed by atoms with E-state index in [4.69, 9.17) is 5.26 Å². The van der Waals surface area contributed by atoms with E-state index in [1.165, 1.54) is 12.1 Å². The normalized spacial score (nSPS) is 9.20. The molecule has 0 saturated heterocycles. The third-order valence-electron chi connectivity index (χ3n) is 2.05. The van der Waals surface area contributed by atoms with Crippen molar-refractivity contribution < 1.29 is 4.39 Å². The minimum atomic E-state index is -0.335. The third-order valence-corrected chi connectivity index (χ3v) is 2.05. The Morgan fingerprint density at radius 1 is 1.27 bits per heavy atom. The molecule has 0 aliphatic carbocycles. The summed E-state index contributed by atoms with van der Waals surface area (Å²) in [6.45, 7) is 9.83. The van der Waals surface area contributed by atoms with Crippen LogP contribution in [0.3, 0.4) is 0 Å². The van der Waals surface area contributed by atoms with Crippen LogP contribution in [0, 0.1) is 24.1 Å². The lowest BCUT2D eigenvalue weighted by Gasteiger charge is -2.11. The molecule has 0 N–H and O–H groups in total. The number of rotatable bonds is 1. The van der Waals surface area contributed by atoms with Gasteiger partial charge in [0.15, 0.2) is 0 Å². The number of nitriles is 1. The van der Waals surface area contributed by atoms with Crippen molar-refractivity contribution in [1.82, 2.24) is 0 Å². The van der Waals surface area contributed by atoms with Gasteiger partial charge in [-0.1, -0.05) is 27.7 Å². The highest BCUT2D eigenvalue weighted by atomic mass is 19.1. The summed E-state index contributed by atoms with van der Waals surface area (Å²) in [4.78, 5) is 0. The Morgan fingerprint density at radius 2 is 1.80 bits per heavy atom. The minimum Gasteiger partial charge on any atom is -0.207 e. The summed E-state index contributed by atoms with van der Waals surface area (Å²) in [5.41, 5.74) is 2.25. The molecule has 1 rings (SSSR count). The van der Waals surface area contributed by atoms with E-state index in [1.807, 2.05) is 40.7 Å². The van der Waals surface area contributed by atoms with Crippen molar-refractivity contribution >= 4 is 0 Å². The summed E-state index contributed by atoms with van der Waals surface area (Å²) in [6, 6.07) is 4.78. The standard InChI is InChI=1S/C11H12FN.C2H6/c1-7(2)11-8(3)4-10(12)5-9(11)6-13;1-2/h4-5,7H,1-3H3;1-2H3. The molecule has 0 fully saturated rings. The molecule has 0 atom stereocenters. The van der Waals surface area contributed by atoms with Crippen molar-refractivity contribution in [3.05, 3.63) is 34.6 Å². The van der Waals surface area contributed by atoms with Crippen molar-refractivity contribution in [2.24, 2.45) is 0 Å². The zero-order valence-corrected chi connectivity index (χ0v) is 10.1. The van der Waals surface area contributed by atoms with Crippen LogP contribution in [0.2, 0.25) is 0 Å². The van der Waals surface area contributed by atoms with Crippen LogP contribution in [0.1, 0.15) is 50.3 Å². The highest BCUT2D eigenvalue weighted by molar-refractivity contribution is 5.44. The van der Waals surface area contributed by atoms with E-state index in [-0.39, 0.29) is 11.7 Å². The van der Waals surface area contributed by atoms with Crippen molar-refractivity contribution in [2.45, 2.75) is 40.5 Å². The predicted molar refractivity (Wildman–Crippen MR) is 61.3 cm³/mol. The largest absolute Gasteiger partial charge is 0.207 e. The Kier molecular flexibility index (Phi) is 5.62. The number of halogens is 1. The van der Waals surface area contributed by atoms with E-state index in [2.05, 4.69) is 0 Å². The number of aryl methyl sites for hydroxylation is 1. The summed E-state index contributed by atoms with van der Waals surface area (Å²) in [7, 11) is 0. The summed E-state index contributed by atoms with van der Waals surface area (Å²) in [5, 5.41) is 8.80. The average Bonchev–Trinajstić information content (AvgIpc) is 2.18. The molecular formula is C13H18FN. The van der Waals surface area contributed by atoms with Crippen LogP contribution < -0.4 is 0 Å². The quantitative estimate of drug-likeness (QED) is 0.678. The van der Waals surface area contributed by atoms with Crippen LogP contribution in [-0.4, -0.2) is 0 Å². The predicted octanol–water partition coefficient (Wildman–Crippen LogP) is 4.16. The zero-order chi connectivity index (χ0) is 12.0. The lowest BCUT2D eigenvalue weighted by Crippen LogP contribution is -1.97. The van der Waals surface area contributed by atoms with Crippen LogP contribution >= 0.6 is 0 Å². The molecule has 0 aliphatic heterocycles. The SMILES string of the molecule is CC.Cc1cc(F)cc(C#N)c1C(C)C. The molecule has 82 valence electrons. The molecule has 0 heterocycles. The van der Waals surface area contributed by atoms with Gasteiger partial charge in [0, 0.05) is 0 Å². The van der Waals surface area contributed by atoms with Crippen molar-refractivity contribution in [2.75, 3.05) is 0 Å². The fraction of sp³-hybridized carbons (Fsp3) is 0.462. The average molecular weight is 207 g/mol. The summed E-state index contributed by atoms with van der Waals surface area (Å²) >= 11 is 0. The maximum Gasteiger partial charge on any atom is 0.124 e. The first-order chi connectivity index (χ1) is 7.06. The van der Waals surface area contributed by atoms with Crippen LogP contribution in [0.25, 0.3) is 0 Å². The van der Waals surface area contributed by atoms with Gasteiger partial charge >= 0.3 is 0 Å². The maximum absolute atomic E-state index is 12.9. The molecule has 0 spiro atoms. The minimum absolute atomic E-state index is 0.259. The lowest BCUT2D eigenvalue weighted by atomic mass is 9.93. The van der Waals surface area contributed by atoms with E-state index >= 15 is 0 Å².